The van der Waals surface area contributed by atoms with Gasteiger partial charge in [0.25, 0.3) is 0 Å². The van der Waals surface area contributed by atoms with Crippen LogP contribution in [0.1, 0.15) is 16.7 Å². The second-order valence-electron chi connectivity index (χ2n) is 5.09. The van der Waals surface area contributed by atoms with Crippen LogP contribution in [-0.2, 0) is 13.0 Å². The summed E-state index contributed by atoms with van der Waals surface area (Å²) in [5.74, 6) is 0.0977. The molecule has 4 nitrogen and oxygen atoms in total. The third-order valence-electron chi connectivity index (χ3n) is 3.81. The Hall–Kier alpha value is -2.20. The smallest absolute Gasteiger partial charge is 0.172 e. The summed E-state index contributed by atoms with van der Waals surface area (Å²) >= 11 is 6.11. The maximum absolute atomic E-state index is 8.95. The van der Waals surface area contributed by atoms with Crippen LogP contribution in [0.15, 0.2) is 47.6 Å². The van der Waals surface area contributed by atoms with E-state index in [2.05, 4.69) is 28.3 Å². The molecule has 1 heterocycles. The summed E-state index contributed by atoms with van der Waals surface area (Å²) in [6, 6.07) is 13.8. The zero-order chi connectivity index (χ0) is 14.8. The van der Waals surface area contributed by atoms with Crippen LogP contribution in [0.4, 0.5) is 5.69 Å². The van der Waals surface area contributed by atoms with E-state index in [1.807, 2.05) is 12.1 Å². The van der Waals surface area contributed by atoms with Gasteiger partial charge in [0.15, 0.2) is 5.84 Å². The van der Waals surface area contributed by atoms with Gasteiger partial charge in [-0.1, -0.05) is 41.0 Å². The minimum atomic E-state index is 0.0977. The lowest BCUT2D eigenvalue weighted by molar-refractivity contribution is 0.318. The number of halogens is 1. The molecule has 2 aromatic rings. The molecule has 0 fully saturated rings. The Balaban J connectivity index is 2.00. The molecule has 5 heteroatoms. The first-order chi connectivity index (χ1) is 10.2. The summed E-state index contributed by atoms with van der Waals surface area (Å²) in [7, 11) is 0. The molecule has 0 spiro atoms. The molecule has 108 valence electrons. The van der Waals surface area contributed by atoms with Crippen LogP contribution in [0, 0.1) is 0 Å². The highest BCUT2D eigenvalue weighted by atomic mass is 35.5. The van der Waals surface area contributed by atoms with Gasteiger partial charge in [0.1, 0.15) is 0 Å². The number of nitrogens with zero attached hydrogens (tertiary/aromatic N) is 2. The molecule has 1 aliphatic rings. The van der Waals surface area contributed by atoms with Crippen molar-refractivity contribution in [2.45, 2.75) is 13.0 Å². The van der Waals surface area contributed by atoms with Crippen molar-refractivity contribution in [2.24, 2.45) is 10.9 Å². The lowest BCUT2D eigenvalue weighted by Crippen LogP contribution is -2.32. The highest BCUT2D eigenvalue weighted by molar-refractivity contribution is 6.31. The molecule has 2 aromatic carbocycles. The van der Waals surface area contributed by atoms with E-state index in [9.17, 15) is 0 Å². The fourth-order valence-corrected chi connectivity index (χ4v) is 2.90. The summed E-state index contributed by atoms with van der Waals surface area (Å²) in [5, 5.41) is 12.7. The number of fused-ring (bicyclic) bond motifs is 1. The third-order valence-corrected chi connectivity index (χ3v) is 4.05. The summed E-state index contributed by atoms with van der Waals surface area (Å²) in [4.78, 5) is 2.21. The second-order valence-corrected chi connectivity index (χ2v) is 5.52. The first kappa shape index (κ1) is 13.8. The lowest BCUT2D eigenvalue weighted by atomic mass is 9.98. The van der Waals surface area contributed by atoms with Crippen molar-refractivity contribution >= 4 is 23.1 Å². The van der Waals surface area contributed by atoms with Crippen molar-refractivity contribution < 1.29 is 5.21 Å². The fourth-order valence-electron chi connectivity index (χ4n) is 2.74. The Morgan fingerprint density at radius 1 is 1.19 bits per heavy atom. The minimum Gasteiger partial charge on any atom is -0.409 e. The second kappa shape index (κ2) is 5.66. The average Bonchev–Trinajstić information content (AvgIpc) is 2.53. The number of anilines is 1. The van der Waals surface area contributed by atoms with Gasteiger partial charge in [-0.25, -0.2) is 0 Å². The van der Waals surface area contributed by atoms with Gasteiger partial charge >= 0.3 is 0 Å². The van der Waals surface area contributed by atoms with Crippen molar-refractivity contribution in [1.82, 2.24) is 0 Å². The van der Waals surface area contributed by atoms with E-state index in [0.717, 1.165) is 25.2 Å². The molecule has 0 amide bonds. The fraction of sp³-hybridized carbons (Fsp3) is 0.188. The van der Waals surface area contributed by atoms with Crippen LogP contribution < -0.4 is 10.6 Å². The normalized spacial score (nSPS) is 14.9. The van der Waals surface area contributed by atoms with Crippen molar-refractivity contribution in [3.8, 4) is 0 Å². The van der Waals surface area contributed by atoms with E-state index < -0.39 is 0 Å². The predicted octanol–water partition coefficient (Wildman–Crippen LogP) is 3.00. The summed E-state index contributed by atoms with van der Waals surface area (Å²) in [6.45, 7) is 1.67. The standard InChI is InChI=1S/C16H16ClN3O/c17-13-5-6-14(16(18)19-21)15(9-13)20-8-7-11-3-1-2-4-12(11)10-20/h1-6,9,21H,7-8,10H2,(H2,18,19). The molecule has 0 bridgehead atoms. The monoisotopic (exact) mass is 301 g/mol. The number of benzene rings is 2. The number of oxime groups is 1. The number of rotatable bonds is 2. The molecule has 0 aromatic heterocycles. The van der Waals surface area contributed by atoms with Crippen LogP contribution in [0.3, 0.4) is 0 Å². The van der Waals surface area contributed by atoms with Crippen LogP contribution in [0.2, 0.25) is 5.02 Å². The van der Waals surface area contributed by atoms with E-state index >= 15 is 0 Å². The van der Waals surface area contributed by atoms with E-state index in [-0.39, 0.29) is 5.84 Å². The van der Waals surface area contributed by atoms with Gasteiger partial charge in [0.05, 0.1) is 0 Å². The Kier molecular flexibility index (Phi) is 3.71. The first-order valence-electron chi connectivity index (χ1n) is 6.78. The first-order valence-corrected chi connectivity index (χ1v) is 7.16. The number of nitrogens with two attached hydrogens (primary N) is 1. The van der Waals surface area contributed by atoms with Gasteiger partial charge in [-0.2, -0.15) is 0 Å². The Morgan fingerprint density at radius 3 is 2.71 bits per heavy atom. The molecule has 3 rings (SSSR count). The van der Waals surface area contributed by atoms with Gasteiger partial charge in [-0.15, -0.1) is 0 Å². The Labute approximate surface area is 128 Å². The highest BCUT2D eigenvalue weighted by Crippen LogP contribution is 2.29. The molecular weight excluding hydrogens is 286 g/mol. The van der Waals surface area contributed by atoms with Gasteiger partial charge in [-0.3, -0.25) is 0 Å². The van der Waals surface area contributed by atoms with Crippen LogP contribution in [0.5, 0.6) is 0 Å². The molecule has 0 atom stereocenters. The van der Waals surface area contributed by atoms with E-state index in [1.165, 1.54) is 11.1 Å². The zero-order valence-electron chi connectivity index (χ0n) is 11.5. The number of hydrogen-bond acceptors (Lipinski definition) is 3. The van der Waals surface area contributed by atoms with E-state index in [0.29, 0.717) is 10.6 Å². The molecule has 1 aliphatic heterocycles. The van der Waals surface area contributed by atoms with Crippen molar-refractivity contribution in [1.29, 1.82) is 0 Å². The van der Waals surface area contributed by atoms with E-state index in [4.69, 9.17) is 22.5 Å². The quantitative estimate of drug-likeness (QED) is 0.388. The maximum Gasteiger partial charge on any atom is 0.172 e. The molecule has 0 saturated heterocycles. The predicted molar refractivity (Wildman–Crippen MR) is 85.2 cm³/mol. The molecule has 0 unspecified atom stereocenters. The Bertz CT molecular complexity index is 700. The van der Waals surface area contributed by atoms with Crippen LogP contribution >= 0.6 is 11.6 Å². The van der Waals surface area contributed by atoms with Crippen LogP contribution in [-0.4, -0.2) is 17.6 Å². The van der Waals surface area contributed by atoms with Gasteiger partial charge in [0, 0.05) is 29.4 Å². The summed E-state index contributed by atoms with van der Waals surface area (Å²) < 4.78 is 0. The number of amidine groups is 1. The van der Waals surface area contributed by atoms with E-state index in [1.54, 1.807) is 12.1 Å². The largest absolute Gasteiger partial charge is 0.409 e. The van der Waals surface area contributed by atoms with Gasteiger partial charge in [-0.05, 0) is 35.7 Å². The molecule has 0 aliphatic carbocycles. The highest BCUT2D eigenvalue weighted by Gasteiger charge is 2.20. The van der Waals surface area contributed by atoms with Crippen LogP contribution in [0.25, 0.3) is 0 Å². The van der Waals surface area contributed by atoms with Gasteiger partial charge < -0.3 is 15.8 Å². The molecule has 0 radical (unpaired) electrons. The molecule has 0 saturated carbocycles. The third kappa shape index (κ3) is 2.67. The molecule has 21 heavy (non-hydrogen) atoms. The van der Waals surface area contributed by atoms with Crippen molar-refractivity contribution in [2.75, 3.05) is 11.4 Å². The average molecular weight is 302 g/mol. The number of hydrogen-bond donors (Lipinski definition) is 2. The zero-order valence-corrected chi connectivity index (χ0v) is 12.2. The van der Waals surface area contributed by atoms with Crippen molar-refractivity contribution in [3.63, 3.8) is 0 Å². The van der Waals surface area contributed by atoms with Crippen molar-refractivity contribution in [3.05, 3.63) is 64.2 Å². The Morgan fingerprint density at radius 2 is 1.95 bits per heavy atom. The molecule has 3 N–H and O–H groups in total. The summed E-state index contributed by atoms with van der Waals surface area (Å²) in [6.07, 6.45) is 0.971. The topological polar surface area (TPSA) is 61.9 Å². The lowest BCUT2D eigenvalue weighted by Gasteiger charge is -2.32. The maximum atomic E-state index is 8.95. The summed E-state index contributed by atoms with van der Waals surface area (Å²) in [5.41, 5.74) is 10.0. The molecular formula is C16H16ClN3O. The SMILES string of the molecule is NC(=NO)c1ccc(Cl)cc1N1CCc2ccccc2C1. The van der Waals surface area contributed by atoms with Gasteiger partial charge in [0.2, 0.25) is 0 Å². The minimum absolute atomic E-state index is 0.0977.